The predicted octanol–water partition coefficient (Wildman–Crippen LogP) is 3.81. The molecule has 1 aromatic heterocycles. The van der Waals surface area contributed by atoms with Crippen molar-refractivity contribution < 1.29 is 13.9 Å². The van der Waals surface area contributed by atoms with Gasteiger partial charge in [-0.3, -0.25) is 4.79 Å². The summed E-state index contributed by atoms with van der Waals surface area (Å²) in [4.78, 5) is 27.1. The molecule has 168 valence electrons. The van der Waals surface area contributed by atoms with E-state index in [1.54, 1.807) is 0 Å². The monoisotopic (exact) mass is 426 g/mol. The molecule has 2 atom stereocenters. The molecule has 31 heavy (non-hydrogen) atoms. The maximum Gasteiger partial charge on any atom is 0.336 e. The molecule has 3 heterocycles. The van der Waals surface area contributed by atoms with Crippen LogP contribution in [0.3, 0.4) is 0 Å². The predicted molar refractivity (Wildman–Crippen MR) is 122 cm³/mol. The summed E-state index contributed by atoms with van der Waals surface area (Å²) in [5, 5.41) is 3.90. The zero-order valence-electron chi connectivity index (χ0n) is 18.7. The summed E-state index contributed by atoms with van der Waals surface area (Å²) in [6.07, 6.45) is 7.91. The van der Waals surface area contributed by atoms with Gasteiger partial charge in [0.05, 0.1) is 5.39 Å². The highest BCUT2D eigenvalue weighted by atomic mass is 16.5. The minimum atomic E-state index is -0.352. The molecule has 6 nitrogen and oxygen atoms in total. The molecule has 0 aliphatic carbocycles. The van der Waals surface area contributed by atoms with Crippen molar-refractivity contribution in [3.63, 3.8) is 0 Å². The molecule has 0 radical (unpaired) electrons. The Morgan fingerprint density at radius 2 is 2.03 bits per heavy atom. The Balaban J connectivity index is 1.41. The van der Waals surface area contributed by atoms with Gasteiger partial charge in [0.2, 0.25) is 0 Å². The molecule has 0 spiro atoms. The van der Waals surface area contributed by atoms with Crippen molar-refractivity contribution >= 4 is 16.9 Å². The van der Waals surface area contributed by atoms with Crippen molar-refractivity contribution in [3.8, 4) is 5.75 Å². The van der Waals surface area contributed by atoms with Crippen molar-refractivity contribution in [2.75, 3.05) is 26.2 Å². The van der Waals surface area contributed by atoms with E-state index in [0.29, 0.717) is 29.8 Å². The van der Waals surface area contributed by atoms with E-state index in [9.17, 15) is 9.59 Å². The molecule has 1 amide bonds. The first-order chi connectivity index (χ1) is 15.0. The molecule has 0 unspecified atom stereocenters. The minimum Gasteiger partial charge on any atom is -0.483 e. The minimum absolute atomic E-state index is 0.0374. The molecular weight excluding hydrogens is 392 g/mol. The van der Waals surface area contributed by atoms with Gasteiger partial charge in [0.15, 0.2) is 6.61 Å². The summed E-state index contributed by atoms with van der Waals surface area (Å²) < 4.78 is 11.4. The van der Waals surface area contributed by atoms with E-state index in [0.717, 1.165) is 29.4 Å². The lowest BCUT2D eigenvalue weighted by atomic mass is 9.83. The number of nitrogens with zero attached hydrogens (tertiary/aromatic N) is 1. The lowest BCUT2D eigenvalue weighted by Crippen LogP contribution is -2.51. The van der Waals surface area contributed by atoms with Gasteiger partial charge in [-0.15, -0.1) is 0 Å². The SMILES string of the molecule is CCCc1cc(=O)oc2cc(C)cc(OCC(=O)NC[C@@H]3CCCN4CCCC[C@H]34)c12. The average Bonchev–Trinajstić information content (AvgIpc) is 2.75. The summed E-state index contributed by atoms with van der Waals surface area (Å²) in [7, 11) is 0. The second-order valence-corrected chi connectivity index (χ2v) is 9.07. The van der Waals surface area contributed by atoms with Crippen LogP contribution in [0.4, 0.5) is 0 Å². The quantitative estimate of drug-likeness (QED) is 0.682. The molecular formula is C25H34N2O4. The summed E-state index contributed by atoms with van der Waals surface area (Å²) in [6.45, 7) is 7.08. The highest BCUT2D eigenvalue weighted by molar-refractivity contribution is 5.88. The Kier molecular flexibility index (Phi) is 6.96. The molecule has 1 N–H and O–H groups in total. The maximum atomic E-state index is 12.6. The van der Waals surface area contributed by atoms with Crippen LogP contribution in [-0.2, 0) is 11.2 Å². The molecule has 2 fully saturated rings. The number of ether oxygens (including phenoxy) is 1. The molecule has 4 rings (SSSR count). The van der Waals surface area contributed by atoms with Crippen molar-refractivity contribution in [3.05, 3.63) is 39.7 Å². The van der Waals surface area contributed by atoms with Gasteiger partial charge in [-0.1, -0.05) is 19.8 Å². The van der Waals surface area contributed by atoms with Gasteiger partial charge in [-0.2, -0.15) is 0 Å². The standard InChI is InChI=1S/C25H34N2O4/c1-3-7-18-14-24(29)31-22-13-17(2)12-21(25(18)22)30-16-23(28)26-15-19-8-6-11-27-10-5-4-9-20(19)27/h12-14,19-20H,3-11,15-16H2,1-2H3,(H,26,28)/t19-,20+/m0/s1. The van der Waals surface area contributed by atoms with Crippen LogP contribution in [0.1, 0.15) is 56.6 Å². The van der Waals surface area contributed by atoms with Gasteiger partial charge in [-0.05, 0) is 81.3 Å². The van der Waals surface area contributed by atoms with Crippen LogP contribution >= 0.6 is 0 Å². The molecule has 2 saturated heterocycles. The Bertz CT molecular complexity index is 981. The average molecular weight is 427 g/mol. The number of carbonyl (C=O) groups excluding carboxylic acids is 1. The largest absolute Gasteiger partial charge is 0.483 e. The number of aryl methyl sites for hydroxylation is 2. The van der Waals surface area contributed by atoms with Crippen molar-refractivity contribution in [2.24, 2.45) is 5.92 Å². The number of hydrogen-bond acceptors (Lipinski definition) is 5. The van der Waals surface area contributed by atoms with Crippen LogP contribution in [-0.4, -0.2) is 43.1 Å². The van der Waals surface area contributed by atoms with Crippen LogP contribution < -0.4 is 15.7 Å². The van der Waals surface area contributed by atoms with Crippen molar-refractivity contribution in [1.82, 2.24) is 10.2 Å². The summed E-state index contributed by atoms with van der Waals surface area (Å²) in [5.41, 5.74) is 2.00. The number of carbonyl (C=O) groups is 1. The third-order valence-electron chi connectivity index (χ3n) is 6.70. The van der Waals surface area contributed by atoms with Gasteiger partial charge < -0.3 is 19.4 Å². The van der Waals surface area contributed by atoms with E-state index >= 15 is 0 Å². The molecule has 2 aromatic rings. The molecule has 6 heteroatoms. The zero-order valence-corrected chi connectivity index (χ0v) is 18.7. The van der Waals surface area contributed by atoms with E-state index in [4.69, 9.17) is 9.15 Å². The molecule has 2 aliphatic rings. The van der Waals surface area contributed by atoms with E-state index < -0.39 is 0 Å². The van der Waals surface area contributed by atoms with Gasteiger partial charge in [0, 0.05) is 18.7 Å². The lowest BCUT2D eigenvalue weighted by Gasteiger charge is -2.44. The normalized spacial score (nSPS) is 21.6. The van der Waals surface area contributed by atoms with E-state index in [1.165, 1.54) is 51.3 Å². The third-order valence-corrected chi connectivity index (χ3v) is 6.70. The fraction of sp³-hybridized carbons (Fsp3) is 0.600. The topological polar surface area (TPSA) is 71.8 Å². The molecule has 1 aromatic carbocycles. The van der Waals surface area contributed by atoms with E-state index in [1.807, 2.05) is 19.1 Å². The zero-order chi connectivity index (χ0) is 21.8. The first-order valence-electron chi connectivity index (χ1n) is 11.8. The summed E-state index contributed by atoms with van der Waals surface area (Å²) in [5.74, 6) is 1.04. The summed E-state index contributed by atoms with van der Waals surface area (Å²) >= 11 is 0. The van der Waals surface area contributed by atoms with E-state index in [-0.39, 0.29) is 18.1 Å². The highest BCUT2D eigenvalue weighted by Gasteiger charge is 2.32. The molecule has 0 saturated carbocycles. The first kappa shape index (κ1) is 21.9. The Hall–Kier alpha value is -2.34. The number of hydrogen-bond donors (Lipinski definition) is 1. The van der Waals surface area contributed by atoms with Gasteiger partial charge in [0.1, 0.15) is 11.3 Å². The van der Waals surface area contributed by atoms with Crippen LogP contribution in [0.15, 0.2) is 27.4 Å². The van der Waals surface area contributed by atoms with E-state index in [2.05, 4.69) is 17.1 Å². The van der Waals surface area contributed by atoms with Crippen LogP contribution in [0.2, 0.25) is 0 Å². The Labute approximate surface area is 183 Å². The smallest absolute Gasteiger partial charge is 0.336 e. The van der Waals surface area contributed by atoms with Gasteiger partial charge in [0.25, 0.3) is 5.91 Å². The van der Waals surface area contributed by atoms with Crippen LogP contribution in [0, 0.1) is 12.8 Å². The fourth-order valence-electron chi connectivity index (χ4n) is 5.31. The number of piperidine rings is 2. The lowest BCUT2D eigenvalue weighted by molar-refractivity contribution is -0.123. The molecule has 2 aliphatic heterocycles. The highest BCUT2D eigenvalue weighted by Crippen LogP contribution is 2.31. The molecule has 0 bridgehead atoms. The van der Waals surface area contributed by atoms with Crippen molar-refractivity contribution in [1.29, 1.82) is 0 Å². The Morgan fingerprint density at radius 3 is 2.87 bits per heavy atom. The van der Waals surface area contributed by atoms with Crippen LogP contribution in [0.25, 0.3) is 11.0 Å². The number of nitrogens with one attached hydrogen (secondary N) is 1. The van der Waals surface area contributed by atoms with Crippen molar-refractivity contribution in [2.45, 2.75) is 64.8 Å². The van der Waals surface area contributed by atoms with Gasteiger partial charge >= 0.3 is 5.63 Å². The first-order valence-corrected chi connectivity index (χ1v) is 11.8. The van der Waals surface area contributed by atoms with Crippen LogP contribution in [0.5, 0.6) is 5.75 Å². The maximum absolute atomic E-state index is 12.6. The van der Waals surface area contributed by atoms with Gasteiger partial charge in [-0.25, -0.2) is 4.79 Å². The number of rotatable bonds is 7. The third kappa shape index (κ3) is 5.12. The fourth-order valence-corrected chi connectivity index (χ4v) is 5.31. The Morgan fingerprint density at radius 1 is 1.19 bits per heavy atom. The summed E-state index contributed by atoms with van der Waals surface area (Å²) in [6, 6.07) is 5.91. The number of benzene rings is 1. The number of amides is 1. The second-order valence-electron chi connectivity index (χ2n) is 9.07. The number of fused-ring (bicyclic) bond motifs is 2. The second kappa shape index (κ2) is 9.86.